The van der Waals surface area contributed by atoms with Crippen molar-refractivity contribution < 1.29 is 4.79 Å². The number of likely N-dealkylation sites (N-methyl/N-ethyl adjacent to an activating group) is 1. The molecule has 0 aliphatic heterocycles. The molecule has 1 unspecified atom stereocenters. The Morgan fingerprint density at radius 1 is 1.64 bits per heavy atom. The quantitative estimate of drug-likeness (QED) is 0.886. The van der Waals surface area contributed by atoms with E-state index >= 15 is 0 Å². The van der Waals surface area contributed by atoms with Crippen LogP contribution in [0.4, 0.5) is 0 Å². The molecule has 0 heterocycles. The van der Waals surface area contributed by atoms with Gasteiger partial charge in [0.15, 0.2) is 0 Å². The summed E-state index contributed by atoms with van der Waals surface area (Å²) in [5, 5.41) is 3.43. The Labute approximate surface area is 95.7 Å². The smallest absolute Gasteiger partial charge is 0.239 e. The second-order valence-electron chi connectivity index (χ2n) is 2.80. The first kappa shape index (κ1) is 11.5. The van der Waals surface area contributed by atoms with Gasteiger partial charge in [-0.15, -0.1) is 0 Å². The number of benzene rings is 1. The lowest BCUT2D eigenvalue weighted by atomic mass is 10.1. The fraction of sp³-hybridized carbons (Fsp3) is 0.222. The van der Waals surface area contributed by atoms with E-state index in [1.807, 2.05) is 0 Å². The minimum atomic E-state index is -0.483. The normalized spacial score (nSPS) is 12.5. The van der Waals surface area contributed by atoms with Gasteiger partial charge < -0.3 is 11.1 Å². The molecular formula is C9H10BrClN2O. The summed E-state index contributed by atoms with van der Waals surface area (Å²) in [5.41, 5.74) is 6.01. The van der Waals surface area contributed by atoms with Gasteiger partial charge in [-0.2, -0.15) is 0 Å². The average Bonchev–Trinajstić information content (AvgIpc) is 2.11. The summed E-state index contributed by atoms with van der Waals surface area (Å²) in [6.45, 7) is 0. The van der Waals surface area contributed by atoms with Crippen molar-refractivity contribution in [3.05, 3.63) is 33.3 Å². The first-order valence-electron chi connectivity index (χ1n) is 3.97. The van der Waals surface area contributed by atoms with Gasteiger partial charge in [-0.1, -0.05) is 17.7 Å². The van der Waals surface area contributed by atoms with E-state index in [0.29, 0.717) is 5.02 Å². The van der Waals surface area contributed by atoms with Crippen LogP contribution < -0.4 is 11.1 Å². The van der Waals surface area contributed by atoms with Crippen molar-refractivity contribution in [2.24, 2.45) is 5.73 Å². The average molecular weight is 278 g/mol. The van der Waals surface area contributed by atoms with E-state index in [4.69, 9.17) is 17.3 Å². The van der Waals surface area contributed by atoms with E-state index in [1.165, 1.54) is 0 Å². The van der Waals surface area contributed by atoms with Crippen LogP contribution in [0.1, 0.15) is 11.6 Å². The van der Waals surface area contributed by atoms with Gasteiger partial charge in [0.25, 0.3) is 0 Å². The van der Waals surface area contributed by atoms with Crippen molar-refractivity contribution in [1.82, 2.24) is 5.32 Å². The topological polar surface area (TPSA) is 55.1 Å². The van der Waals surface area contributed by atoms with Crippen LogP contribution in [0.3, 0.4) is 0 Å². The molecule has 3 N–H and O–H groups in total. The number of carbonyl (C=O) groups excluding carboxylic acids is 1. The molecule has 0 bridgehead atoms. The van der Waals surface area contributed by atoms with Crippen LogP contribution in [0, 0.1) is 0 Å². The highest BCUT2D eigenvalue weighted by Crippen LogP contribution is 2.25. The number of halogens is 2. The number of hydrogen-bond donors (Lipinski definition) is 2. The Bertz CT molecular complexity index is 357. The number of hydrogen-bond acceptors (Lipinski definition) is 2. The van der Waals surface area contributed by atoms with Gasteiger partial charge in [-0.3, -0.25) is 4.79 Å². The van der Waals surface area contributed by atoms with Gasteiger partial charge in [0, 0.05) is 4.47 Å². The zero-order valence-corrected chi connectivity index (χ0v) is 9.89. The maximum Gasteiger partial charge on any atom is 0.239 e. The molecule has 0 aliphatic rings. The summed E-state index contributed by atoms with van der Waals surface area (Å²) in [7, 11) is 1.68. The number of primary amides is 1. The van der Waals surface area contributed by atoms with E-state index < -0.39 is 11.9 Å². The van der Waals surface area contributed by atoms with E-state index in [1.54, 1.807) is 25.2 Å². The maximum absolute atomic E-state index is 11.0. The third-order valence-corrected chi connectivity index (χ3v) is 3.06. The summed E-state index contributed by atoms with van der Waals surface area (Å²) in [4.78, 5) is 11.0. The Morgan fingerprint density at radius 3 is 2.71 bits per heavy atom. The summed E-state index contributed by atoms with van der Waals surface area (Å²) in [5.74, 6) is -0.415. The highest BCUT2D eigenvalue weighted by atomic mass is 79.9. The third-order valence-electron chi connectivity index (χ3n) is 1.85. The van der Waals surface area contributed by atoms with Crippen LogP contribution in [0.5, 0.6) is 0 Å². The van der Waals surface area contributed by atoms with Crippen molar-refractivity contribution in [2.75, 3.05) is 7.05 Å². The molecular weight excluding hydrogens is 267 g/mol. The zero-order valence-electron chi connectivity index (χ0n) is 7.55. The first-order valence-corrected chi connectivity index (χ1v) is 5.15. The molecule has 1 rings (SSSR count). The minimum Gasteiger partial charge on any atom is -0.368 e. The minimum absolute atomic E-state index is 0.415. The van der Waals surface area contributed by atoms with Gasteiger partial charge in [0.05, 0.1) is 5.02 Å². The van der Waals surface area contributed by atoms with Gasteiger partial charge in [0.2, 0.25) is 5.91 Å². The molecule has 3 nitrogen and oxygen atoms in total. The Balaban J connectivity index is 3.06. The monoisotopic (exact) mass is 276 g/mol. The lowest BCUT2D eigenvalue weighted by molar-refractivity contribution is -0.120. The van der Waals surface area contributed by atoms with Gasteiger partial charge in [-0.25, -0.2) is 0 Å². The Kier molecular flexibility index (Phi) is 3.92. The van der Waals surface area contributed by atoms with Gasteiger partial charge in [0.1, 0.15) is 6.04 Å². The van der Waals surface area contributed by atoms with E-state index in [2.05, 4.69) is 21.2 Å². The molecule has 76 valence electrons. The Hall–Kier alpha value is -0.580. The zero-order chi connectivity index (χ0) is 10.7. The summed E-state index contributed by atoms with van der Waals surface area (Å²) in [6, 6.07) is 4.77. The van der Waals surface area contributed by atoms with Crippen molar-refractivity contribution in [3.8, 4) is 0 Å². The van der Waals surface area contributed by atoms with Gasteiger partial charge in [-0.05, 0) is 40.7 Å². The molecule has 0 fully saturated rings. The summed E-state index contributed by atoms with van der Waals surface area (Å²) in [6.07, 6.45) is 0. The summed E-state index contributed by atoms with van der Waals surface area (Å²) >= 11 is 9.11. The molecule has 0 saturated carbocycles. The predicted molar refractivity (Wildman–Crippen MR) is 60.1 cm³/mol. The summed E-state index contributed by atoms with van der Waals surface area (Å²) < 4.78 is 0.748. The molecule has 0 saturated heterocycles. The van der Waals surface area contributed by atoms with Crippen LogP contribution in [0.2, 0.25) is 5.02 Å². The highest BCUT2D eigenvalue weighted by Gasteiger charge is 2.15. The highest BCUT2D eigenvalue weighted by molar-refractivity contribution is 9.10. The van der Waals surface area contributed by atoms with Crippen molar-refractivity contribution in [3.63, 3.8) is 0 Å². The molecule has 5 heteroatoms. The second-order valence-corrected chi connectivity index (χ2v) is 4.06. The molecule has 1 aromatic rings. The number of carbonyl (C=O) groups is 1. The largest absolute Gasteiger partial charge is 0.368 e. The standard InChI is InChI=1S/C9H10BrClN2O/c1-13-8(9(12)14)5-2-3-7(11)6(10)4-5/h2-4,8,13H,1H3,(H2,12,14). The van der Waals surface area contributed by atoms with Crippen LogP contribution >= 0.6 is 27.5 Å². The molecule has 1 aromatic carbocycles. The van der Waals surface area contributed by atoms with Crippen LogP contribution in [-0.2, 0) is 4.79 Å². The van der Waals surface area contributed by atoms with Crippen molar-refractivity contribution in [2.45, 2.75) is 6.04 Å². The molecule has 0 spiro atoms. The second kappa shape index (κ2) is 4.77. The molecule has 0 aromatic heterocycles. The van der Waals surface area contributed by atoms with Crippen LogP contribution in [0.15, 0.2) is 22.7 Å². The fourth-order valence-corrected chi connectivity index (χ4v) is 1.68. The molecule has 14 heavy (non-hydrogen) atoms. The Morgan fingerprint density at radius 2 is 2.29 bits per heavy atom. The van der Waals surface area contributed by atoms with Crippen LogP contribution in [-0.4, -0.2) is 13.0 Å². The van der Waals surface area contributed by atoms with E-state index in [9.17, 15) is 4.79 Å². The number of rotatable bonds is 3. The maximum atomic E-state index is 11.0. The van der Waals surface area contributed by atoms with E-state index in [-0.39, 0.29) is 0 Å². The molecule has 0 radical (unpaired) electrons. The number of amides is 1. The lowest BCUT2D eigenvalue weighted by Crippen LogP contribution is -2.31. The molecule has 0 aliphatic carbocycles. The van der Waals surface area contributed by atoms with Crippen molar-refractivity contribution >= 4 is 33.4 Å². The number of nitrogens with one attached hydrogen (secondary N) is 1. The lowest BCUT2D eigenvalue weighted by Gasteiger charge is -2.13. The van der Waals surface area contributed by atoms with Gasteiger partial charge >= 0.3 is 0 Å². The van der Waals surface area contributed by atoms with E-state index in [0.717, 1.165) is 10.0 Å². The molecule has 1 amide bonds. The third kappa shape index (κ3) is 2.47. The SMILES string of the molecule is CNC(C(N)=O)c1ccc(Cl)c(Br)c1. The predicted octanol–water partition coefficient (Wildman–Crippen LogP) is 1.85. The van der Waals surface area contributed by atoms with Crippen LogP contribution in [0.25, 0.3) is 0 Å². The fourth-order valence-electron chi connectivity index (χ4n) is 1.17. The number of nitrogens with two attached hydrogens (primary N) is 1. The first-order chi connectivity index (χ1) is 6.56. The molecule has 1 atom stereocenters. The van der Waals surface area contributed by atoms with Crippen molar-refractivity contribution in [1.29, 1.82) is 0 Å².